The number of hydrogen-bond acceptors (Lipinski definition) is 6. The first-order valence-corrected chi connectivity index (χ1v) is 9.68. The van der Waals surface area contributed by atoms with Crippen LogP contribution in [0.5, 0.6) is 5.75 Å². The van der Waals surface area contributed by atoms with Gasteiger partial charge in [-0.05, 0) is 31.0 Å². The molecule has 0 spiro atoms. The van der Waals surface area contributed by atoms with E-state index >= 15 is 0 Å². The molecule has 2 saturated heterocycles. The third-order valence-electron chi connectivity index (χ3n) is 5.20. The fraction of sp³-hybridized carbons (Fsp3) is 0.632. The number of amides is 1. The van der Waals surface area contributed by atoms with Gasteiger partial charge in [0.05, 0.1) is 36.5 Å². The van der Waals surface area contributed by atoms with Crippen molar-refractivity contribution in [3.63, 3.8) is 0 Å². The number of rotatable bonds is 4. The Morgan fingerprint density at radius 1 is 1.30 bits per heavy atom. The lowest BCUT2D eigenvalue weighted by molar-refractivity contribution is -0.134. The van der Waals surface area contributed by atoms with Crippen LogP contribution in [0.4, 0.5) is 0 Å². The predicted octanol–water partition coefficient (Wildman–Crippen LogP) is 0.682. The second kappa shape index (κ2) is 9.21. The highest BCUT2D eigenvalue weighted by Crippen LogP contribution is 2.25. The Bertz CT molecular complexity index is 653. The molecule has 0 aromatic heterocycles. The van der Waals surface area contributed by atoms with E-state index in [9.17, 15) is 15.0 Å². The normalized spacial score (nSPS) is 27.3. The molecule has 2 fully saturated rings. The van der Waals surface area contributed by atoms with E-state index in [-0.39, 0.29) is 18.6 Å². The molecule has 7 nitrogen and oxygen atoms in total. The second-order valence-corrected chi connectivity index (χ2v) is 7.53. The summed E-state index contributed by atoms with van der Waals surface area (Å²) in [5.41, 5.74) is 0.996. The molecule has 2 N–H and O–H groups in total. The fourth-order valence-corrected chi connectivity index (χ4v) is 3.73. The molecule has 150 valence electrons. The lowest BCUT2D eigenvalue weighted by Crippen LogP contribution is -2.55. The zero-order chi connectivity index (χ0) is 19.4. The van der Waals surface area contributed by atoms with Gasteiger partial charge in [0.1, 0.15) is 5.75 Å². The van der Waals surface area contributed by atoms with Gasteiger partial charge in [0.15, 0.2) is 6.61 Å². The Balaban J connectivity index is 1.65. The summed E-state index contributed by atoms with van der Waals surface area (Å²) in [6, 6.07) is 5.09. The van der Waals surface area contributed by atoms with Crippen molar-refractivity contribution >= 4 is 17.5 Å². The average Bonchev–Trinajstić information content (AvgIpc) is 2.82. The highest BCUT2D eigenvalue weighted by Gasteiger charge is 2.37. The van der Waals surface area contributed by atoms with Crippen LogP contribution in [-0.4, -0.2) is 90.2 Å². The minimum Gasteiger partial charge on any atom is -0.482 e. The molecule has 0 saturated carbocycles. The van der Waals surface area contributed by atoms with Gasteiger partial charge in [0.25, 0.3) is 5.91 Å². The maximum absolute atomic E-state index is 12.7. The lowest BCUT2D eigenvalue weighted by atomic mass is 10.0. The number of nitrogens with zero attached hydrogens (tertiary/aromatic N) is 2. The average molecular weight is 399 g/mol. The monoisotopic (exact) mass is 398 g/mol. The van der Waals surface area contributed by atoms with Crippen molar-refractivity contribution in [2.24, 2.45) is 0 Å². The summed E-state index contributed by atoms with van der Waals surface area (Å²) in [4.78, 5) is 16.5. The molecule has 0 radical (unpaired) electrons. The van der Waals surface area contributed by atoms with Gasteiger partial charge in [-0.2, -0.15) is 0 Å². The van der Waals surface area contributed by atoms with Crippen LogP contribution in [0.1, 0.15) is 12.0 Å². The van der Waals surface area contributed by atoms with Gasteiger partial charge in [0.2, 0.25) is 0 Å². The van der Waals surface area contributed by atoms with E-state index < -0.39 is 12.2 Å². The van der Waals surface area contributed by atoms with Gasteiger partial charge >= 0.3 is 0 Å². The molecular formula is C19H27ClN2O5. The number of ether oxygens (including phenoxy) is 2. The first-order valence-electron chi connectivity index (χ1n) is 9.30. The van der Waals surface area contributed by atoms with Crippen LogP contribution >= 0.6 is 11.6 Å². The molecule has 3 rings (SSSR count). The van der Waals surface area contributed by atoms with Crippen molar-refractivity contribution in [1.82, 2.24) is 9.80 Å². The van der Waals surface area contributed by atoms with Crippen molar-refractivity contribution < 1.29 is 24.5 Å². The Kier molecular flexibility index (Phi) is 6.94. The maximum Gasteiger partial charge on any atom is 0.260 e. The van der Waals surface area contributed by atoms with Crippen LogP contribution in [-0.2, 0) is 9.53 Å². The third kappa shape index (κ3) is 5.12. The number of carbonyl (C=O) groups excluding carboxylic acids is 1. The summed E-state index contributed by atoms with van der Waals surface area (Å²) in [6.45, 7) is 5.04. The van der Waals surface area contributed by atoms with E-state index in [0.29, 0.717) is 56.6 Å². The molecule has 3 atom stereocenters. The van der Waals surface area contributed by atoms with Crippen LogP contribution < -0.4 is 4.74 Å². The van der Waals surface area contributed by atoms with E-state index in [2.05, 4.69) is 4.90 Å². The predicted molar refractivity (Wildman–Crippen MR) is 101 cm³/mol. The van der Waals surface area contributed by atoms with E-state index in [1.54, 1.807) is 17.0 Å². The Morgan fingerprint density at radius 3 is 2.78 bits per heavy atom. The largest absolute Gasteiger partial charge is 0.482 e. The Labute approximate surface area is 164 Å². The van der Waals surface area contributed by atoms with Crippen molar-refractivity contribution in [2.45, 2.75) is 31.6 Å². The van der Waals surface area contributed by atoms with Crippen LogP contribution in [0.25, 0.3) is 0 Å². The molecule has 2 aliphatic heterocycles. The van der Waals surface area contributed by atoms with Crippen molar-refractivity contribution in [3.8, 4) is 5.75 Å². The van der Waals surface area contributed by atoms with Crippen LogP contribution in [0.3, 0.4) is 0 Å². The highest BCUT2D eigenvalue weighted by atomic mass is 35.5. The van der Waals surface area contributed by atoms with Gasteiger partial charge in [-0.1, -0.05) is 17.7 Å². The number of aliphatic hydroxyl groups is 2. The summed E-state index contributed by atoms with van der Waals surface area (Å²) in [5.74, 6) is 0.289. The van der Waals surface area contributed by atoms with E-state index in [4.69, 9.17) is 21.1 Å². The van der Waals surface area contributed by atoms with Crippen LogP contribution in [0.15, 0.2) is 18.2 Å². The number of hydrogen-bond donors (Lipinski definition) is 2. The summed E-state index contributed by atoms with van der Waals surface area (Å²) in [6.07, 6.45) is -1.42. The van der Waals surface area contributed by atoms with Crippen LogP contribution in [0, 0.1) is 6.92 Å². The van der Waals surface area contributed by atoms with Crippen molar-refractivity contribution in [1.29, 1.82) is 0 Å². The SMILES string of the molecule is Cc1ccc(Cl)c(OCC(=O)N2CC[C@@H](O)[C@@H](O)[C@H](N3CCOCC3)C2)c1. The standard InChI is InChI=1S/C19H27ClN2O5/c1-13-2-3-14(20)17(10-13)27-12-18(24)22-5-4-16(23)19(25)15(11-22)21-6-8-26-9-7-21/h2-3,10,15-16,19,23,25H,4-9,11-12H2,1H3/t15-,16-,19+/m1/s1. The van der Waals surface area contributed by atoms with Crippen molar-refractivity contribution in [3.05, 3.63) is 28.8 Å². The number of aryl methyl sites for hydroxylation is 1. The van der Waals surface area contributed by atoms with Gasteiger partial charge < -0.3 is 24.6 Å². The van der Waals surface area contributed by atoms with Gasteiger partial charge in [-0.25, -0.2) is 0 Å². The number of aliphatic hydroxyl groups excluding tert-OH is 2. The second-order valence-electron chi connectivity index (χ2n) is 7.12. The quantitative estimate of drug-likeness (QED) is 0.776. The van der Waals surface area contributed by atoms with Gasteiger partial charge in [-0.3, -0.25) is 9.69 Å². The minimum atomic E-state index is -0.895. The molecule has 0 unspecified atom stereocenters. The minimum absolute atomic E-state index is 0.134. The third-order valence-corrected chi connectivity index (χ3v) is 5.51. The summed E-state index contributed by atoms with van der Waals surface area (Å²) in [5, 5.41) is 21.2. The Hall–Kier alpha value is -1.38. The molecule has 0 aliphatic carbocycles. The molecular weight excluding hydrogens is 372 g/mol. The van der Waals surface area contributed by atoms with E-state index in [0.717, 1.165) is 5.56 Å². The number of morpholine rings is 1. The molecule has 27 heavy (non-hydrogen) atoms. The lowest BCUT2D eigenvalue weighted by Gasteiger charge is -2.38. The smallest absolute Gasteiger partial charge is 0.260 e. The van der Waals surface area contributed by atoms with Gasteiger partial charge in [-0.15, -0.1) is 0 Å². The molecule has 2 heterocycles. The maximum atomic E-state index is 12.7. The topological polar surface area (TPSA) is 82.5 Å². The molecule has 8 heteroatoms. The van der Waals surface area contributed by atoms with E-state index in [1.165, 1.54) is 0 Å². The van der Waals surface area contributed by atoms with E-state index in [1.807, 2.05) is 13.0 Å². The Morgan fingerprint density at radius 2 is 2.04 bits per heavy atom. The fourth-order valence-electron chi connectivity index (χ4n) is 3.56. The zero-order valence-corrected chi connectivity index (χ0v) is 16.3. The number of likely N-dealkylation sites (tertiary alicyclic amines) is 1. The number of carbonyl (C=O) groups is 1. The summed E-state index contributed by atoms with van der Waals surface area (Å²) >= 11 is 6.12. The first-order chi connectivity index (χ1) is 13.0. The van der Waals surface area contributed by atoms with Gasteiger partial charge in [0, 0.05) is 26.2 Å². The summed E-state index contributed by atoms with van der Waals surface area (Å²) < 4.78 is 11.0. The zero-order valence-electron chi connectivity index (χ0n) is 15.5. The first kappa shape index (κ1) is 20.4. The molecule has 1 amide bonds. The number of benzene rings is 1. The van der Waals surface area contributed by atoms with Crippen LogP contribution in [0.2, 0.25) is 5.02 Å². The van der Waals surface area contributed by atoms with Crippen molar-refractivity contribution in [2.75, 3.05) is 46.0 Å². The highest BCUT2D eigenvalue weighted by molar-refractivity contribution is 6.32. The number of halogens is 1. The molecule has 0 bridgehead atoms. The molecule has 1 aromatic rings. The molecule has 2 aliphatic rings. The summed E-state index contributed by atoms with van der Waals surface area (Å²) in [7, 11) is 0. The molecule has 1 aromatic carbocycles.